The van der Waals surface area contributed by atoms with Crippen molar-refractivity contribution < 1.29 is 4.79 Å². The first kappa shape index (κ1) is 12.3. The summed E-state index contributed by atoms with van der Waals surface area (Å²) in [5.74, 6) is 0.310. The Hall–Kier alpha value is -1.17. The van der Waals surface area contributed by atoms with E-state index in [1.165, 1.54) is 17.3 Å². The number of amides is 1. The number of nitrogen functional groups attached to an aromatic ring is 1. The molecule has 1 fully saturated rings. The van der Waals surface area contributed by atoms with E-state index in [0.717, 1.165) is 12.8 Å². The Morgan fingerprint density at radius 1 is 1.65 bits per heavy atom. The molecule has 1 aliphatic rings. The molecular weight excluding hydrogens is 236 g/mol. The second kappa shape index (κ2) is 5.00. The number of nitrogens with one attached hydrogen (secondary N) is 1. The summed E-state index contributed by atoms with van der Waals surface area (Å²) in [6.45, 7) is 0. The monoisotopic (exact) mass is 254 g/mol. The van der Waals surface area contributed by atoms with Gasteiger partial charge in [-0.2, -0.15) is 16.9 Å². The van der Waals surface area contributed by atoms with Crippen LogP contribution in [-0.4, -0.2) is 33.2 Å². The van der Waals surface area contributed by atoms with Crippen LogP contribution in [0.5, 0.6) is 0 Å². The van der Waals surface area contributed by atoms with Gasteiger partial charge in [0, 0.05) is 18.3 Å². The van der Waals surface area contributed by atoms with Crippen molar-refractivity contribution in [3.63, 3.8) is 0 Å². The molecule has 1 saturated carbocycles. The summed E-state index contributed by atoms with van der Waals surface area (Å²) in [4.78, 5) is 12.0. The average Bonchev–Trinajstić information content (AvgIpc) is 2.88. The molecule has 5 nitrogen and oxygen atoms in total. The number of aryl methyl sites for hydroxylation is 1. The molecule has 94 valence electrons. The summed E-state index contributed by atoms with van der Waals surface area (Å²) in [5.41, 5.74) is 6.24. The first-order valence-electron chi connectivity index (χ1n) is 5.73. The van der Waals surface area contributed by atoms with Gasteiger partial charge < -0.3 is 11.1 Å². The number of aromatic nitrogens is 2. The number of nitrogens with zero attached hydrogens (tertiary/aromatic N) is 2. The lowest BCUT2D eigenvalue weighted by atomic mass is 10.2. The molecule has 0 spiro atoms. The maximum atomic E-state index is 12.0. The molecule has 0 bridgehead atoms. The number of nitrogens with two attached hydrogens (primary N) is 1. The minimum Gasteiger partial charge on any atom is -0.383 e. The Bertz CT molecular complexity index is 418. The van der Waals surface area contributed by atoms with Gasteiger partial charge in [0.05, 0.1) is 6.20 Å². The predicted molar refractivity (Wildman–Crippen MR) is 70.0 cm³/mol. The highest BCUT2D eigenvalue weighted by Crippen LogP contribution is 2.28. The fraction of sp³-hybridized carbons (Fsp3) is 0.636. The lowest BCUT2D eigenvalue weighted by Gasteiger charge is -2.12. The van der Waals surface area contributed by atoms with Gasteiger partial charge in [-0.1, -0.05) is 0 Å². The van der Waals surface area contributed by atoms with Crippen LogP contribution < -0.4 is 11.1 Å². The highest BCUT2D eigenvalue weighted by Gasteiger charge is 2.26. The van der Waals surface area contributed by atoms with Crippen molar-refractivity contribution >= 4 is 23.5 Å². The average molecular weight is 254 g/mol. The van der Waals surface area contributed by atoms with Crippen LogP contribution in [0.25, 0.3) is 0 Å². The number of thioether (sulfide) groups is 1. The molecule has 1 aliphatic carbocycles. The van der Waals surface area contributed by atoms with Crippen LogP contribution in [-0.2, 0) is 7.05 Å². The van der Waals surface area contributed by atoms with Crippen LogP contribution in [0.2, 0.25) is 0 Å². The zero-order valence-corrected chi connectivity index (χ0v) is 11.0. The van der Waals surface area contributed by atoms with Gasteiger partial charge in [0.15, 0.2) is 0 Å². The third kappa shape index (κ3) is 2.57. The van der Waals surface area contributed by atoms with Crippen LogP contribution >= 0.6 is 11.8 Å². The van der Waals surface area contributed by atoms with Crippen molar-refractivity contribution in [2.24, 2.45) is 7.05 Å². The van der Waals surface area contributed by atoms with Crippen molar-refractivity contribution in [2.45, 2.75) is 30.6 Å². The second-order valence-electron chi connectivity index (χ2n) is 4.41. The third-order valence-corrected chi connectivity index (χ3v) is 4.38. The number of hydrogen-bond acceptors (Lipinski definition) is 4. The van der Waals surface area contributed by atoms with Gasteiger partial charge >= 0.3 is 0 Å². The van der Waals surface area contributed by atoms with Crippen LogP contribution in [0.15, 0.2) is 6.20 Å². The molecule has 0 aromatic carbocycles. The predicted octanol–water partition coefficient (Wildman–Crippen LogP) is 1.02. The highest BCUT2D eigenvalue weighted by atomic mass is 32.2. The Kier molecular flexibility index (Phi) is 3.61. The first-order chi connectivity index (χ1) is 8.11. The molecule has 0 saturated heterocycles. The molecule has 2 unspecified atom stereocenters. The summed E-state index contributed by atoms with van der Waals surface area (Å²) in [6, 6.07) is 0.277. The minimum absolute atomic E-state index is 0.109. The van der Waals surface area contributed by atoms with E-state index >= 15 is 0 Å². The lowest BCUT2D eigenvalue weighted by molar-refractivity contribution is 0.0939. The smallest absolute Gasteiger partial charge is 0.256 e. The van der Waals surface area contributed by atoms with E-state index in [1.807, 2.05) is 11.8 Å². The second-order valence-corrected chi connectivity index (χ2v) is 5.55. The molecule has 1 heterocycles. The molecule has 17 heavy (non-hydrogen) atoms. The van der Waals surface area contributed by atoms with E-state index < -0.39 is 0 Å². The minimum atomic E-state index is -0.109. The summed E-state index contributed by atoms with van der Waals surface area (Å²) >= 11 is 1.87. The van der Waals surface area contributed by atoms with Crippen molar-refractivity contribution in [3.8, 4) is 0 Å². The molecule has 3 N–H and O–H groups in total. The number of carbonyl (C=O) groups excluding carboxylic acids is 1. The quantitative estimate of drug-likeness (QED) is 0.844. The Labute approximate surface area is 105 Å². The fourth-order valence-corrected chi connectivity index (χ4v) is 2.97. The Morgan fingerprint density at radius 3 is 2.94 bits per heavy atom. The summed E-state index contributed by atoms with van der Waals surface area (Å²) < 4.78 is 1.51. The van der Waals surface area contributed by atoms with Crippen LogP contribution in [0, 0.1) is 0 Å². The Balaban J connectivity index is 1.96. The molecule has 2 rings (SSSR count). The molecule has 0 radical (unpaired) electrons. The highest BCUT2D eigenvalue weighted by molar-refractivity contribution is 7.99. The standard InChI is InChI=1S/C11H18N4OS/c1-15-10(12)9(6-13-15)11(16)14-7-3-4-8(5-7)17-2/h6-8H,3-5,12H2,1-2H3,(H,14,16). The van der Waals surface area contributed by atoms with E-state index in [4.69, 9.17) is 5.73 Å². The largest absolute Gasteiger partial charge is 0.383 e. The van der Waals surface area contributed by atoms with Crippen molar-refractivity contribution in [1.82, 2.24) is 15.1 Å². The summed E-state index contributed by atoms with van der Waals surface area (Å²) in [6.07, 6.45) is 6.92. The lowest BCUT2D eigenvalue weighted by Crippen LogP contribution is -2.33. The maximum Gasteiger partial charge on any atom is 0.256 e. The van der Waals surface area contributed by atoms with E-state index in [0.29, 0.717) is 16.6 Å². The third-order valence-electron chi connectivity index (χ3n) is 3.28. The van der Waals surface area contributed by atoms with Gasteiger partial charge in [-0.3, -0.25) is 9.48 Å². The zero-order chi connectivity index (χ0) is 12.4. The number of hydrogen-bond donors (Lipinski definition) is 2. The summed E-state index contributed by atoms with van der Waals surface area (Å²) in [7, 11) is 1.73. The maximum absolute atomic E-state index is 12.0. The van der Waals surface area contributed by atoms with Crippen molar-refractivity contribution in [1.29, 1.82) is 0 Å². The van der Waals surface area contributed by atoms with Crippen molar-refractivity contribution in [3.05, 3.63) is 11.8 Å². The van der Waals surface area contributed by atoms with E-state index in [2.05, 4.69) is 16.7 Å². The topological polar surface area (TPSA) is 72.9 Å². The molecule has 2 atom stereocenters. The van der Waals surface area contributed by atoms with E-state index in [1.54, 1.807) is 7.05 Å². The van der Waals surface area contributed by atoms with E-state index in [9.17, 15) is 4.79 Å². The van der Waals surface area contributed by atoms with Crippen LogP contribution in [0.1, 0.15) is 29.6 Å². The Morgan fingerprint density at radius 2 is 2.41 bits per heavy atom. The zero-order valence-electron chi connectivity index (χ0n) is 10.1. The van der Waals surface area contributed by atoms with Crippen molar-refractivity contribution in [2.75, 3.05) is 12.0 Å². The molecule has 0 aliphatic heterocycles. The molecule has 6 heteroatoms. The molecule has 1 aromatic heterocycles. The number of anilines is 1. The van der Waals surface area contributed by atoms with Crippen LogP contribution in [0.3, 0.4) is 0 Å². The fourth-order valence-electron chi connectivity index (χ4n) is 2.17. The van der Waals surface area contributed by atoms with Gasteiger partial charge in [0.2, 0.25) is 0 Å². The normalized spacial score (nSPS) is 23.9. The molecule has 1 aromatic rings. The molecule has 1 amide bonds. The van der Waals surface area contributed by atoms with E-state index in [-0.39, 0.29) is 11.9 Å². The van der Waals surface area contributed by atoms with Gasteiger partial charge in [-0.15, -0.1) is 0 Å². The molecular formula is C11H18N4OS. The van der Waals surface area contributed by atoms with Gasteiger partial charge in [-0.05, 0) is 25.5 Å². The first-order valence-corrected chi connectivity index (χ1v) is 7.01. The SMILES string of the molecule is CSC1CCC(NC(=O)c2cnn(C)c2N)C1. The van der Waals surface area contributed by atoms with Crippen LogP contribution in [0.4, 0.5) is 5.82 Å². The van der Waals surface area contributed by atoms with Gasteiger partial charge in [0.1, 0.15) is 11.4 Å². The number of rotatable bonds is 3. The van der Waals surface area contributed by atoms with Gasteiger partial charge in [0.25, 0.3) is 5.91 Å². The van der Waals surface area contributed by atoms with Gasteiger partial charge in [-0.25, -0.2) is 0 Å². The summed E-state index contributed by atoms with van der Waals surface area (Å²) in [5, 5.41) is 7.67. The number of carbonyl (C=O) groups is 1.